The number of aryl methyl sites for hydroxylation is 1. The minimum absolute atomic E-state index is 0.0293. The molecule has 0 unspecified atom stereocenters. The zero-order valence-corrected chi connectivity index (χ0v) is 11.3. The lowest BCUT2D eigenvalue weighted by Crippen LogP contribution is -2.04. The van der Waals surface area contributed by atoms with Crippen LogP contribution in [0, 0.1) is 0 Å². The molecule has 2 aromatic rings. The summed E-state index contributed by atoms with van der Waals surface area (Å²) < 4.78 is 10.7. The molecule has 2 rings (SSSR count). The summed E-state index contributed by atoms with van der Waals surface area (Å²) in [5.41, 5.74) is 6.86. The minimum Gasteiger partial charge on any atom is -0.484 e. The van der Waals surface area contributed by atoms with Crippen LogP contribution in [0.1, 0.15) is 43.6 Å². The van der Waals surface area contributed by atoms with Crippen molar-refractivity contribution in [3.05, 3.63) is 41.5 Å². The van der Waals surface area contributed by atoms with Gasteiger partial charge in [0.25, 0.3) is 5.89 Å². The lowest BCUT2D eigenvalue weighted by Gasteiger charge is -2.07. The monoisotopic (exact) mass is 261 g/mol. The molecule has 1 aromatic carbocycles. The molecule has 19 heavy (non-hydrogen) atoms. The zero-order chi connectivity index (χ0) is 13.7. The molecule has 0 radical (unpaired) electrons. The summed E-state index contributed by atoms with van der Waals surface area (Å²) in [4.78, 5) is 4.24. The summed E-state index contributed by atoms with van der Waals surface area (Å²) >= 11 is 0. The second kappa shape index (κ2) is 6.33. The number of ether oxygens (including phenoxy) is 1. The SMILES string of the molecule is CCCc1noc(COc2ccc([C@H](C)N)cc2)n1. The van der Waals surface area contributed by atoms with Gasteiger partial charge in [-0.05, 0) is 31.0 Å². The van der Waals surface area contributed by atoms with Gasteiger partial charge < -0.3 is 15.0 Å². The van der Waals surface area contributed by atoms with E-state index in [0.717, 1.165) is 30.0 Å². The highest BCUT2D eigenvalue weighted by atomic mass is 16.5. The van der Waals surface area contributed by atoms with Gasteiger partial charge in [0.2, 0.25) is 0 Å². The van der Waals surface area contributed by atoms with Gasteiger partial charge in [-0.1, -0.05) is 24.2 Å². The Hall–Kier alpha value is -1.88. The number of rotatable bonds is 6. The van der Waals surface area contributed by atoms with E-state index in [0.29, 0.717) is 5.89 Å². The van der Waals surface area contributed by atoms with Crippen LogP contribution in [0.15, 0.2) is 28.8 Å². The highest BCUT2D eigenvalue weighted by molar-refractivity contribution is 5.28. The van der Waals surface area contributed by atoms with E-state index >= 15 is 0 Å². The zero-order valence-electron chi connectivity index (χ0n) is 11.3. The van der Waals surface area contributed by atoms with Crippen LogP contribution in [0.4, 0.5) is 0 Å². The lowest BCUT2D eigenvalue weighted by molar-refractivity contribution is 0.242. The number of hydrogen-bond donors (Lipinski definition) is 1. The van der Waals surface area contributed by atoms with Crippen LogP contribution in [-0.2, 0) is 13.0 Å². The Morgan fingerprint density at radius 3 is 2.68 bits per heavy atom. The molecule has 1 heterocycles. The van der Waals surface area contributed by atoms with E-state index in [1.54, 1.807) is 0 Å². The van der Waals surface area contributed by atoms with Gasteiger partial charge in [-0.2, -0.15) is 4.98 Å². The van der Waals surface area contributed by atoms with Crippen molar-refractivity contribution in [1.29, 1.82) is 0 Å². The van der Waals surface area contributed by atoms with E-state index in [2.05, 4.69) is 17.1 Å². The van der Waals surface area contributed by atoms with Crippen LogP contribution in [0.3, 0.4) is 0 Å². The number of aromatic nitrogens is 2. The van der Waals surface area contributed by atoms with Crippen LogP contribution >= 0.6 is 0 Å². The second-order valence-electron chi connectivity index (χ2n) is 4.50. The van der Waals surface area contributed by atoms with E-state index in [1.807, 2.05) is 31.2 Å². The van der Waals surface area contributed by atoms with Gasteiger partial charge in [0.1, 0.15) is 5.75 Å². The van der Waals surface area contributed by atoms with Crippen molar-refractivity contribution in [2.75, 3.05) is 0 Å². The fourth-order valence-corrected chi connectivity index (χ4v) is 1.69. The van der Waals surface area contributed by atoms with Crippen molar-refractivity contribution in [2.45, 2.75) is 39.3 Å². The Morgan fingerprint density at radius 2 is 2.05 bits per heavy atom. The minimum atomic E-state index is 0.0293. The van der Waals surface area contributed by atoms with Crippen LogP contribution < -0.4 is 10.5 Å². The second-order valence-corrected chi connectivity index (χ2v) is 4.50. The van der Waals surface area contributed by atoms with E-state index in [1.165, 1.54) is 0 Å². The largest absolute Gasteiger partial charge is 0.484 e. The first-order chi connectivity index (χ1) is 9.19. The standard InChI is InChI=1S/C14H19N3O2/c1-3-4-13-16-14(19-17-13)9-18-12-7-5-11(6-8-12)10(2)15/h5-8,10H,3-4,9,15H2,1-2H3/t10-/m0/s1. The molecule has 0 saturated carbocycles. The number of hydrogen-bond acceptors (Lipinski definition) is 5. The van der Waals surface area contributed by atoms with Crippen molar-refractivity contribution in [3.8, 4) is 5.75 Å². The van der Waals surface area contributed by atoms with Crippen molar-refractivity contribution >= 4 is 0 Å². The van der Waals surface area contributed by atoms with E-state index in [9.17, 15) is 0 Å². The third kappa shape index (κ3) is 3.79. The molecule has 0 fully saturated rings. The number of nitrogens with two attached hydrogens (primary N) is 1. The van der Waals surface area contributed by atoms with Gasteiger partial charge in [0, 0.05) is 12.5 Å². The van der Waals surface area contributed by atoms with E-state index in [-0.39, 0.29) is 12.6 Å². The third-order valence-electron chi connectivity index (χ3n) is 2.75. The first-order valence-corrected chi connectivity index (χ1v) is 6.49. The summed E-state index contributed by atoms with van der Waals surface area (Å²) in [5.74, 6) is 1.99. The molecule has 0 bridgehead atoms. The van der Waals surface area contributed by atoms with Gasteiger partial charge in [0.15, 0.2) is 12.4 Å². The van der Waals surface area contributed by atoms with Gasteiger partial charge in [-0.3, -0.25) is 0 Å². The average molecular weight is 261 g/mol. The smallest absolute Gasteiger partial charge is 0.264 e. The van der Waals surface area contributed by atoms with Gasteiger partial charge >= 0.3 is 0 Å². The molecule has 0 aliphatic carbocycles. The molecule has 1 atom stereocenters. The van der Waals surface area contributed by atoms with Gasteiger partial charge in [0.05, 0.1) is 0 Å². The summed E-state index contributed by atoms with van der Waals surface area (Å²) in [6.07, 6.45) is 1.82. The normalized spacial score (nSPS) is 12.4. The molecule has 0 aliphatic heterocycles. The fraction of sp³-hybridized carbons (Fsp3) is 0.429. The Bertz CT molecular complexity index is 506. The average Bonchev–Trinajstić information content (AvgIpc) is 2.85. The summed E-state index contributed by atoms with van der Waals surface area (Å²) in [5, 5.41) is 3.87. The maximum absolute atomic E-state index is 5.79. The number of benzene rings is 1. The molecular weight excluding hydrogens is 242 g/mol. The molecule has 0 spiro atoms. The molecule has 5 heteroatoms. The Kier molecular flexibility index (Phi) is 4.52. The van der Waals surface area contributed by atoms with Crippen LogP contribution in [0.2, 0.25) is 0 Å². The molecule has 5 nitrogen and oxygen atoms in total. The predicted molar refractivity (Wildman–Crippen MR) is 71.7 cm³/mol. The Morgan fingerprint density at radius 1 is 1.32 bits per heavy atom. The molecule has 2 N–H and O–H groups in total. The van der Waals surface area contributed by atoms with E-state index < -0.39 is 0 Å². The topological polar surface area (TPSA) is 74.2 Å². The fourth-order valence-electron chi connectivity index (χ4n) is 1.69. The van der Waals surface area contributed by atoms with Crippen LogP contribution in [0.25, 0.3) is 0 Å². The Balaban J connectivity index is 1.90. The van der Waals surface area contributed by atoms with Crippen LogP contribution in [-0.4, -0.2) is 10.1 Å². The van der Waals surface area contributed by atoms with Gasteiger partial charge in [-0.15, -0.1) is 0 Å². The summed E-state index contributed by atoms with van der Waals surface area (Å²) in [7, 11) is 0. The van der Waals surface area contributed by atoms with Crippen LogP contribution in [0.5, 0.6) is 5.75 Å². The van der Waals surface area contributed by atoms with Gasteiger partial charge in [-0.25, -0.2) is 0 Å². The quantitative estimate of drug-likeness (QED) is 0.865. The van der Waals surface area contributed by atoms with Crippen molar-refractivity contribution < 1.29 is 9.26 Å². The van der Waals surface area contributed by atoms with E-state index in [4.69, 9.17) is 15.0 Å². The third-order valence-corrected chi connectivity index (χ3v) is 2.75. The molecule has 1 aromatic heterocycles. The summed E-state index contributed by atoms with van der Waals surface area (Å²) in [6.45, 7) is 4.31. The highest BCUT2D eigenvalue weighted by Gasteiger charge is 2.06. The molecule has 102 valence electrons. The van der Waals surface area contributed by atoms with Crippen molar-refractivity contribution in [3.63, 3.8) is 0 Å². The molecule has 0 saturated heterocycles. The first kappa shape index (κ1) is 13.5. The summed E-state index contributed by atoms with van der Waals surface area (Å²) in [6, 6.07) is 7.72. The first-order valence-electron chi connectivity index (χ1n) is 6.49. The molecule has 0 aliphatic rings. The maximum Gasteiger partial charge on any atom is 0.264 e. The maximum atomic E-state index is 5.79. The van der Waals surface area contributed by atoms with Crippen molar-refractivity contribution in [1.82, 2.24) is 10.1 Å². The Labute approximate surface area is 112 Å². The highest BCUT2D eigenvalue weighted by Crippen LogP contribution is 2.17. The predicted octanol–water partition coefficient (Wildman–Crippen LogP) is 2.62. The number of nitrogens with zero attached hydrogens (tertiary/aromatic N) is 2. The molecule has 0 amide bonds. The molecular formula is C14H19N3O2. The van der Waals surface area contributed by atoms with Crippen molar-refractivity contribution in [2.24, 2.45) is 5.73 Å². The lowest BCUT2D eigenvalue weighted by atomic mass is 10.1.